The minimum absolute atomic E-state index is 0.0380. The number of benzene rings is 1. The van der Waals surface area contributed by atoms with Gasteiger partial charge in [0.25, 0.3) is 0 Å². The van der Waals surface area contributed by atoms with Crippen molar-refractivity contribution in [2.24, 2.45) is 5.73 Å². The van der Waals surface area contributed by atoms with Crippen molar-refractivity contribution in [1.29, 1.82) is 0 Å². The Kier molecular flexibility index (Phi) is 3.04. The second-order valence-corrected chi connectivity index (χ2v) is 5.43. The lowest BCUT2D eigenvalue weighted by Gasteiger charge is -2.16. The molecule has 1 amide bonds. The second kappa shape index (κ2) is 4.71. The topological polar surface area (TPSA) is 83.8 Å². The zero-order valence-electron chi connectivity index (χ0n) is 10.5. The van der Waals surface area contributed by atoms with E-state index in [0.717, 1.165) is 33.4 Å². The molecule has 98 valence electrons. The smallest absolute Gasteiger partial charge is 0.234 e. The van der Waals surface area contributed by atoms with E-state index in [4.69, 9.17) is 5.73 Å². The number of imidazole rings is 1. The fourth-order valence-electron chi connectivity index (χ4n) is 2.13. The molecule has 1 aromatic carbocycles. The SMILES string of the molecule is Cc1[nH]c(CN)nc1-c1ccc2c(c1)NC(=O)CS2. The maximum Gasteiger partial charge on any atom is 0.234 e. The van der Waals surface area contributed by atoms with Crippen molar-refractivity contribution in [1.82, 2.24) is 9.97 Å². The van der Waals surface area contributed by atoms with Crippen LogP contribution in [0.4, 0.5) is 5.69 Å². The van der Waals surface area contributed by atoms with E-state index in [1.165, 1.54) is 0 Å². The number of carbonyl (C=O) groups excluding carboxylic acids is 1. The van der Waals surface area contributed by atoms with Crippen molar-refractivity contribution in [2.45, 2.75) is 18.4 Å². The quantitative estimate of drug-likeness (QED) is 0.781. The molecular weight excluding hydrogens is 260 g/mol. The maximum atomic E-state index is 11.4. The number of aryl methyl sites for hydroxylation is 1. The van der Waals surface area contributed by atoms with Gasteiger partial charge in [-0.15, -0.1) is 11.8 Å². The number of aromatic amines is 1. The number of nitrogens with one attached hydrogen (secondary N) is 2. The fraction of sp³-hybridized carbons (Fsp3) is 0.231. The van der Waals surface area contributed by atoms with Gasteiger partial charge in [-0.1, -0.05) is 6.07 Å². The van der Waals surface area contributed by atoms with Gasteiger partial charge in [0.2, 0.25) is 5.91 Å². The van der Waals surface area contributed by atoms with Crippen molar-refractivity contribution in [3.8, 4) is 11.3 Å². The summed E-state index contributed by atoms with van der Waals surface area (Å²) < 4.78 is 0. The molecule has 0 fully saturated rings. The van der Waals surface area contributed by atoms with Gasteiger partial charge >= 0.3 is 0 Å². The fourth-order valence-corrected chi connectivity index (χ4v) is 2.92. The molecule has 0 saturated heterocycles. The van der Waals surface area contributed by atoms with Gasteiger partial charge in [-0.05, 0) is 19.1 Å². The number of aromatic nitrogens is 2. The number of nitrogens with zero attached hydrogens (tertiary/aromatic N) is 1. The zero-order chi connectivity index (χ0) is 13.4. The normalized spacial score (nSPS) is 14.1. The van der Waals surface area contributed by atoms with Crippen LogP contribution in [0.15, 0.2) is 23.1 Å². The molecule has 5 nitrogen and oxygen atoms in total. The summed E-state index contributed by atoms with van der Waals surface area (Å²) in [5.74, 6) is 1.28. The number of anilines is 1. The van der Waals surface area contributed by atoms with Crippen LogP contribution in [0.5, 0.6) is 0 Å². The first-order valence-electron chi connectivity index (χ1n) is 6.00. The molecule has 1 aliphatic rings. The average Bonchev–Trinajstić information content (AvgIpc) is 2.79. The van der Waals surface area contributed by atoms with Gasteiger partial charge in [-0.3, -0.25) is 4.79 Å². The van der Waals surface area contributed by atoms with Gasteiger partial charge in [0.05, 0.1) is 23.7 Å². The van der Waals surface area contributed by atoms with E-state index in [1.807, 2.05) is 25.1 Å². The Morgan fingerprint density at radius 3 is 3.05 bits per heavy atom. The van der Waals surface area contributed by atoms with Gasteiger partial charge in [0, 0.05) is 16.2 Å². The molecule has 0 radical (unpaired) electrons. The molecule has 1 aliphatic heterocycles. The molecule has 19 heavy (non-hydrogen) atoms. The number of H-pyrrole nitrogens is 1. The van der Waals surface area contributed by atoms with E-state index in [2.05, 4.69) is 15.3 Å². The third-order valence-electron chi connectivity index (χ3n) is 3.01. The van der Waals surface area contributed by atoms with Crippen LogP contribution >= 0.6 is 11.8 Å². The van der Waals surface area contributed by atoms with Crippen molar-refractivity contribution in [3.05, 3.63) is 29.7 Å². The minimum Gasteiger partial charge on any atom is -0.344 e. The Hall–Kier alpha value is -1.79. The van der Waals surface area contributed by atoms with Crippen molar-refractivity contribution in [2.75, 3.05) is 11.1 Å². The van der Waals surface area contributed by atoms with Crippen LogP contribution < -0.4 is 11.1 Å². The Bertz CT molecular complexity index is 650. The molecule has 0 spiro atoms. The molecule has 1 aromatic heterocycles. The summed E-state index contributed by atoms with van der Waals surface area (Å²) in [6.07, 6.45) is 0. The van der Waals surface area contributed by atoms with Crippen LogP contribution in [-0.4, -0.2) is 21.6 Å². The molecule has 0 aliphatic carbocycles. The molecule has 2 aromatic rings. The standard InChI is InChI=1S/C13H14N4OS/c1-7-13(17-11(5-14)15-7)8-2-3-10-9(4-8)16-12(18)6-19-10/h2-4H,5-6,14H2,1H3,(H,15,17)(H,16,18). The van der Waals surface area contributed by atoms with E-state index in [1.54, 1.807) is 11.8 Å². The van der Waals surface area contributed by atoms with Crippen LogP contribution in [0.1, 0.15) is 11.5 Å². The number of hydrogen-bond donors (Lipinski definition) is 3. The number of carbonyl (C=O) groups is 1. The third-order valence-corrected chi connectivity index (χ3v) is 4.09. The van der Waals surface area contributed by atoms with Crippen LogP contribution in [0.2, 0.25) is 0 Å². The number of fused-ring (bicyclic) bond motifs is 1. The number of thioether (sulfide) groups is 1. The largest absolute Gasteiger partial charge is 0.344 e. The van der Waals surface area contributed by atoms with Crippen LogP contribution in [0.3, 0.4) is 0 Å². The number of amides is 1. The average molecular weight is 274 g/mol. The van der Waals surface area contributed by atoms with Crippen LogP contribution in [0, 0.1) is 6.92 Å². The highest BCUT2D eigenvalue weighted by Crippen LogP contribution is 2.35. The molecule has 2 heterocycles. The Balaban J connectivity index is 2.03. The molecule has 6 heteroatoms. The maximum absolute atomic E-state index is 11.4. The molecule has 3 rings (SSSR count). The van der Waals surface area contributed by atoms with Crippen LogP contribution in [0.25, 0.3) is 11.3 Å². The molecule has 0 bridgehead atoms. The molecule has 0 atom stereocenters. The summed E-state index contributed by atoms with van der Waals surface area (Å²) in [5.41, 5.74) is 9.29. The lowest BCUT2D eigenvalue weighted by molar-refractivity contribution is -0.113. The van der Waals surface area contributed by atoms with Gasteiger partial charge < -0.3 is 16.0 Å². The zero-order valence-corrected chi connectivity index (χ0v) is 11.3. The highest BCUT2D eigenvalue weighted by Gasteiger charge is 2.17. The predicted molar refractivity (Wildman–Crippen MR) is 76.0 cm³/mol. The Morgan fingerprint density at radius 2 is 2.32 bits per heavy atom. The van der Waals surface area contributed by atoms with Crippen molar-refractivity contribution in [3.63, 3.8) is 0 Å². The highest BCUT2D eigenvalue weighted by molar-refractivity contribution is 8.00. The Labute approximate surface area is 115 Å². The molecular formula is C13H14N4OS. The van der Waals surface area contributed by atoms with Crippen molar-refractivity contribution >= 4 is 23.4 Å². The van der Waals surface area contributed by atoms with Crippen molar-refractivity contribution < 1.29 is 4.79 Å². The summed E-state index contributed by atoms with van der Waals surface area (Å²) in [4.78, 5) is 20.1. The third kappa shape index (κ3) is 2.24. The summed E-state index contributed by atoms with van der Waals surface area (Å²) >= 11 is 1.55. The number of nitrogens with two attached hydrogens (primary N) is 1. The van der Waals surface area contributed by atoms with Gasteiger partial charge in [-0.2, -0.15) is 0 Å². The molecule has 0 saturated carbocycles. The first-order chi connectivity index (χ1) is 9.17. The summed E-state index contributed by atoms with van der Waals surface area (Å²) in [7, 11) is 0. The van der Waals surface area contributed by atoms with Gasteiger partial charge in [0.15, 0.2) is 0 Å². The lowest BCUT2D eigenvalue weighted by atomic mass is 10.1. The highest BCUT2D eigenvalue weighted by atomic mass is 32.2. The number of hydrogen-bond acceptors (Lipinski definition) is 4. The molecule has 0 unspecified atom stereocenters. The van der Waals surface area contributed by atoms with Crippen LogP contribution in [-0.2, 0) is 11.3 Å². The predicted octanol–water partition coefficient (Wildman–Crippen LogP) is 1.89. The lowest BCUT2D eigenvalue weighted by Crippen LogP contribution is -2.18. The summed E-state index contributed by atoms with van der Waals surface area (Å²) in [5, 5.41) is 2.89. The van der Waals surface area contributed by atoms with Gasteiger partial charge in [0.1, 0.15) is 5.82 Å². The minimum atomic E-state index is 0.0380. The van der Waals surface area contributed by atoms with E-state index < -0.39 is 0 Å². The summed E-state index contributed by atoms with van der Waals surface area (Å²) in [6.45, 7) is 2.35. The monoisotopic (exact) mass is 274 g/mol. The van der Waals surface area contributed by atoms with Gasteiger partial charge in [-0.25, -0.2) is 4.98 Å². The second-order valence-electron chi connectivity index (χ2n) is 4.41. The molecule has 4 N–H and O–H groups in total. The van der Waals surface area contributed by atoms with E-state index in [0.29, 0.717) is 12.3 Å². The first-order valence-corrected chi connectivity index (χ1v) is 6.98. The summed E-state index contributed by atoms with van der Waals surface area (Å²) in [6, 6.07) is 6.00. The Morgan fingerprint density at radius 1 is 1.47 bits per heavy atom. The van der Waals surface area contributed by atoms with E-state index in [9.17, 15) is 4.79 Å². The van der Waals surface area contributed by atoms with E-state index >= 15 is 0 Å². The van der Waals surface area contributed by atoms with E-state index in [-0.39, 0.29) is 5.91 Å². The first kappa shape index (κ1) is 12.3. The number of rotatable bonds is 2.